The fraction of sp³-hybridized carbons (Fsp3) is 0.118. The first-order chi connectivity index (χ1) is 11.1. The first-order valence-corrected chi connectivity index (χ1v) is 7.04. The maximum Gasteiger partial charge on any atom is 0.295 e. The van der Waals surface area contributed by atoms with E-state index in [0.29, 0.717) is 11.3 Å². The average molecular weight is 309 g/mol. The minimum Gasteiger partial charge on any atom is -0.497 e. The lowest BCUT2D eigenvalue weighted by molar-refractivity contribution is -0.383. The molecule has 0 aliphatic heterocycles. The van der Waals surface area contributed by atoms with Gasteiger partial charge in [-0.2, -0.15) is 0 Å². The number of hydrogen-bond donors (Lipinski definition) is 1. The molecular formula is C17H15N3O3. The Kier molecular flexibility index (Phi) is 3.80. The summed E-state index contributed by atoms with van der Waals surface area (Å²) in [5.74, 6) is 1.32. The largest absolute Gasteiger partial charge is 0.497 e. The summed E-state index contributed by atoms with van der Waals surface area (Å²) in [5.41, 5.74) is 2.14. The van der Waals surface area contributed by atoms with E-state index in [9.17, 15) is 10.1 Å². The van der Waals surface area contributed by atoms with Gasteiger partial charge < -0.3 is 10.1 Å². The summed E-state index contributed by atoms with van der Waals surface area (Å²) >= 11 is 0. The van der Waals surface area contributed by atoms with E-state index in [-0.39, 0.29) is 5.69 Å². The van der Waals surface area contributed by atoms with Gasteiger partial charge >= 0.3 is 0 Å². The van der Waals surface area contributed by atoms with Crippen LogP contribution in [-0.4, -0.2) is 17.0 Å². The van der Waals surface area contributed by atoms with Gasteiger partial charge in [0.2, 0.25) is 0 Å². The quantitative estimate of drug-likeness (QED) is 0.577. The van der Waals surface area contributed by atoms with Crippen molar-refractivity contribution in [1.29, 1.82) is 0 Å². The zero-order chi connectivity index (χ0) is 16.4. The van der Waals surface area contributed by atoms with Crippen molar-refractivity contribution >= 4 is 28.1 Å². The molecule has 0 aliphatic carbocycles. The molecule has 1 aromatic heterocycles. The number of nitrogens with zero attached hydrogens (tertiary/aromatic N) is 2. The van der Waals surface area contributed by atoms with Crippen molar-refractivity contribution in [2.75, 3.05) is 12.4 Å². The molecule has 116 valence electrons. The number of non-ortho nitro benzene ring substituents is 1. The van der Waals surface area contributed by atoms with Crippen molar-refractivity contribution in [1.82, 2.24) is 4.98 Å². The third kappa shape index (κ3) is 2.91. The van der Waals surface area contributed by atoms with Crippen molar-refractivity contribution in [3.63, 3.8) is 0 Å². The number of aryl methyl sites for hydroxylation is 1. The van der Waals surface area contributed by atoms with Gasteiger partial charge in [-0.25, -0.2) is 4.98 Å². The highest BCUT2D eigenvalue weighted by molar-refractivity contribution is 5.91. The van der Waals surface area contributed by atoms with Gasteiger partial charge in [0.1, 0.15) is 11.6 Å². The third-order valence-corrected chi connectivity index (χ3v) is 3.58. The first-order valence-electron chi connectivity index (χ1n) is 7.04. The zero-order valence-corrected chi connectivity index (χ0v) is 12.7. The van der Waals surface area contributed by atoms with Crippen LogP contribution in [0.1, 0.15) is 5.56 Å². The number of hydrogen-bond acceptors (Lipinski definition) is 5. The molecule has 0 bridgehead atoms. The van der Waals surface area contributed by atoms with Crippen molar-refractivity contribution in [3.05, 3.63) is 64.2 Å². The van der Waals surface area contributed by atoms with E-state index in [1.807, 2.05) is 43.3 Å². The number of para-hydroxylation sites is 1. The van der Waals surface area contributed by atoms with Crippen LogP contribution in [-0.2, 0) is 0 Å². The molecule has 3 aromatic rings. The standard InChI is InChI=1S/C17H15N3O3/c1-11-10-16(18-12-6-8-13(23-2)9-7-12)19-17-14(11)4-3-5-15(17)20(21)22/h3-10H,1-2H3,(H,18,19). The Labute approximate surface area is 132 Å². The van der Waals surface area contributed by atoms with Gasteiger partial charge in [0.15, 0.2) is 5.52 Å². The maximum atomic E-state index is 11.2. The summed E-state index contributed by atoms with van der Waals surface area (Å²) in [7, 11) is 1.61. The molecule has 0 radical (unpaired) electrons. The lowest BCUT2D eigenvalue weighted by Crippen LogP contribution is -1.98. The van der Waals surface area contributed by atoms with Crippen molar-refractivity contribution in [3.8, 4) is 5.75 Å². The molecule has 23 heavy (non-hydrogen) atoms. The van der Waals surface area contributed by atoms with E-state index < -0.39 is 4.92 Å². The Balaban J connectivity index is 2.04. The molecule has 0 atom stereocenters. The summed E-state index contributed by atoms with van der Waals surface area (Å²) in [5, 5.41) is 15.1. The van der Waals surface area contributed by atoms with Gasteiger partial charge in [-0.3, -0.25) is 10.1 Å². The maximum absolute atomic E-state index is 11.2. The summed E-state index contributed by atoms with van der Waals surface area (Å²) < 4.78 is 5.12. The molecule has 0 unspecified atom stereocenters. The van der Waals surface area contributed by atoms with Crippen LogP contribution in [0, 0.1) is 17.0 Å². The number of pyridine rings is 1. The predicted molar refractivity (Wildman–Crippen MR) is 89.4 cm³/mol. The zero-order valence-electron chi connectivity index (χ0n) is 12.7. The van der Waals surface area contributed by atoms with Crippen molar-refractivity contribution in [2.45, 2.75) is 6.92 Å². The number of rotatable bonds is 4. The van der Waals surface area contributed by atoms with Crippen LogP contribution in [0.5, 0.6) is 5.75 Å². The van der Waals surface area contributed by atoms with Crippen molar-refractivity contribution < 1.29 is 9.66 Å². The number of nitro benzene ring substituents is 1. The molecule has 0 aliphatic rings. The summed E-state index contributed by atoms with van der Waals surface area (Å²) in [6, 6.07) is 14.2. The van der Waals surface area contributed by atoms with Gasteiger partial charge in [0, 0.05) is 17.1 Å². The molecule has 2 aromatic carbocycles. The molecule has 1 N–H and O–H groups in total. The molecular weight excluding hydrogens is 294 g/mol. The Morgan fingerprint density at radius 2 is 1.91 bits per heavy atom. The summed E-state index contributed by atoms with van der Waals surface area (Å²) in [6.07, 6.45) is 0. The number of nitrogens with one attached hydrogen (secondary N) is 1. The molecule has 6 heteroatoms. The number of fused-ring (bicyclic) bond motifs is 1. The predicted octanol–water partition coefficient (Wildman–Crippen LogP) is 4.20. The number of benzene rings is 2. The fourth-order valence-corrected chi connectivity index (χ4v) is 2.44. The average Bonchev–Trinajstić information content (AvgIpc) is 2.55. The number of anilines is 2. The molecule has 0 spiro atoms. The smallest absolute Gasteiger partial charge is 0.295 e. The Bertz CT molecular complexity index is 876. The van der Waals surface area contributed by atoms with E-state index in [0.717, 1.165) is 22.4 Å². The van der Waals surface area contributed by atoms with Gasteiger partial charge in [0.25, 0.3) is 5.69 Å². The van der Waals surface area contributed by atoms with Crippen LogP contribution in [0.25, 0.3) is 10.9 Å². The number of ether oxygens (including phenoxy) is 1. The molecule has 0 fully saturated rings. The minimum absolute atomic E-state index is 0.00369. The van der Waals surface area contributed by atoms with E-state index in [4.69, 9.17) is 4.74 Å². The van der Waals surface area contributed by atoms with Crippen LogP contribution >= 0.6 is 0 Å². The first kappa shape index (κ1) is 14.8. The molecule has 1 heterocycles. The Morgan fingerprint density at radius 3 is 2.57 bits per heavy atom. The normalized spacial score (nSPS) is 10.5. The van der Waals surface area contributed by atoms with Crippen LogP contribution in [0.4, 0.5) is 17.2 Å². The second-order valence-electron chi connectivity index (χ2n) is 5.11. The molecule has 3 rings (SSSR count). The van der Waals surface area contributed by atoms with Gasteiger partial charge in [-0.05, 0) is 42.8 Å². The van der Waals surface area contributed by atoms with E-state index >= 15 is 0 Å². The second-order valence-corrected chi connectivity index (χ2v) is 5.11. The van der Waals surface area contributed by atoms with Gasteiger partial charge in [0.05, 0.1) is 12.0 Å². The van der Waals surface area contributed by atoms with Crippen LogP contribution in [0.15, 0.2) is 48.5 Å². The number of nitro groups is 1. The van der Waals surface area contributed by atoms with E-state index in [2.05, 4.69) is 10.3 Å². The highest BCUT2D eigenvalue weighted by Gasteiger charge is 2.15. The number of methoxy groups -OCH3 is 1. The highest BCUT2D eigenvalue weighted by atomic mass is 16.6. The lowest BCUT2D eigenvalue weighted by atomic mass is 10.1. The van der Waals surface area contributed by atoms with E-state index in [1.165, 1.54) is 6.07 Å². The topological polar surface area (TPSA) is 77.3 Å². The SMILES string of the molecule is COc1ccc(Nc2cc(C)c3cccc([N+](=O)[O-])c3n2)cc1. The Hall–Kier alpha value is -3.15. The summed E-state index contributed by atoms with van der Waals surface area (Å²) in [4.78, 5) is 15.2. The Morgan fingerprint density at radius 1 is 1.17 bits per heavy atom. The van der Waals surface area contributed by atoms with Crippen molar-refractivity contribution in [2.24, 2.45) is 0 Å². The molecule has 0 saturated heterocycles. The second kappa shape index (κ2) is 5.92. The fourth-order valence-electron chi connectivity index (χ4n) is 2.44. The summed E-state index contributed by atoms with van der Waals surface area (Å²) in [6.45, 7) is 1.91. The van der Waals surface area contributed by atoms with Gasteiger partial charge in [-0.15, -0.1) is 0 Å². The highest BCUT2D eigenvalue weighted by Crippen LogP contribution is 2.29. The van der Waals surface area contributed by atoms with Crippen LogP contribution < -0.4 is 10.1 Å². The van der Waals surface area contributed by atoms with Crippen LogP contribution in [0.3, 0.4) is 0 Å². The molecule has 0 amide bonds. The van der Waals surface area contributed by atoms with Gasteiger partial charge in [-0.1, -0.05) is 12.1 Å². The van der Waals surface area contributed by atoms with Crippen LogP contribution in [0.2, 0.25) is 0 Å². The minimum atomic E-state index is -0.411. The lowest BCUT2D eigenvalue weighted by Gasteiger charge is -2.10. The molecule has 6 nitrogen and oxygen atoms in total. The van der Waals surface area contributed by atoms with E-state index in [1.54, 1.807) is 13.2 Å². The monoisotopic (exact) mass is 309 g/mol. The molecule has 0 saturated carbocycles. The third-order valence-electron chi connectivity index (χ3n) is 3.58. The number of aromatic nitrogens is 1.